The van der Waals surface area contributed by atoms with E-state index in [0.29, 0.717) is 12.0 Å². The highest BCUT2D eigenvalue weighted by Crippen LogP contribution is 2.15. The van der Waals surface area contributed by atoms with Crippen LogP contribution in [0.3, 0.4) is 0 Å². The first-order valence-corrected chi connectivity index (χ1v) is 9.90. The molecule has 0 bridgehead atoms. The van der Waals surface area contributed by atoms with Crippen molar-refractivity contribution < 1.29 is 9.53 Å². The number of ether oxygens (including phenoxy) is 1. The van der Waals surface area contributed by atoms with E-state index in [1.165, 1.54) is 12.0 Å². The molecule has 1 atom stereocenters. The van der Waals surface area contributed by atoms with Gasteiger partial charge in [0, 0.05) is 37.1 Å². The average molecular weight is 494 g/mol. The van der Waals surface area contributed by atoms with Gasteiger partial charge in [0.1, 0.15) is 0 Å². The van der Waals surface area contributed by atoms with Gasteiger partial charge in [-0.25, -0.2) is 4.79 Å². The van der Waals surface area contributed by atoms with Crippen LogP contribution >= 0.6 is 35.3 Å². The van der Waals surface area contributed by atoms with E-state index in [9.17, 15) is 4.79 Å². The van der Waals surface area contributed by atoms with Crippen LogP contribution in [0.5, 0.6) is 0 Å². The van der Waals surface area contributed by atoms with Crippen LogP contribution in [0.2, 0.25) is 0 Å². The Morgan fingerprint density at radius 1 is 1.46 bits per heavy atom. The van der Waals surface area contributed by atoms with Crippen LogP contribution in [0.1, 0.15) is 31.6 Å². The Kier molecular flexibility index (Phi) is 11.0. The number of piperidine rings is 1. The summed E-state index contributed by atoms with van der Waals surface area (Å²) in [4.78, 5) is 19.5. The number of rotatable bonds is 6. The molecule has 1 fully saturated rings. The van der Waals surface area contributed by atoms with E-state index in [0.717, 1.165) is 51.4 Å². The molecule has 0 aromatic carbocycles. The zero-order valence-electron chi connectivity index (χ0n) is 15.9. The first-order chi connectivity index (χ1) is 12.1. The number of nitrogens with one attached hydrogen (secondary N) is 2. The lowest BCUT2D eigenvalue weighted by molar-refractivity contribution is 0.111. The molecular weight excluding hydrogens is 463 g/mol. The molecular formula is C18H31IN4O2S. The highest BCUT2D eigenvalue weighted by molar-refractivity contribution is 14.0. The maximum Gasteiger partial charge on any atom is 0.409 e. The lowest BCUT2D eigenvalue weighted by atomic mass is 10.1. The molecule has 2 N–H and O–H groups in total. The molecule has 0 aliphatic carbocycles. The summed E-state index contributed by atoms with van der Waals surface area (Å²) < 4.78 is 4.78. The Morgan fingerprint density at radius 2 is 2.19 bits per heavy atom. The second-order valence-electron chi connectivity index (χ2n) is 6.48. The number of carbonyl (C=O) groups excluding carboxylic acids is 1. The van der Waals surface area contributed by atoms with Crippen LogP contribution in [-0.4, -0.2) is 56.3 Å². The van der Waals surface area contributed by atoms with Crippen LogP contribution in [0.4, 0.5) is 4.79 Å². The molecule has 8 heteroatoms. The zero-order chi connectivity index (χ0) is 18.1. The Morgan fingerprint density at radius 3 is 2.77 bits per heavy atom. The summed E-state index contributed by atoms with van der Waals surface area (Å²) in [5.41, 5.74) is 0. The molecule has 2 heterocycles. The fourth-order valence-corrected chi connectivity index (χ4v) is 3.80. The van der Waals surface area contributed by atoms with Crippen molar-refractivity contribution in [2.45, 2.75) is 39.2 Å². The van der Waals surface area contributed by atoms with E-state index in [-0.39, 0.29) is 30.1 Å². The molecule has 1 unspecified atom stereocenters. The normalized spacial score (nSPS) is 16.6. The molecule has 148 valence electrons. The van der Waals surface area contributed by atoms with Crippen molar-refractivity contribution in [2.75, 3.05) is 33.3 Å². The summed E-state index contributed by atoms with van der Waals surface area (Å²) in [6, 6.07) is 4.62. The standard InChI is InChI=1S/C18H30N4O2S.HI/c1-4-19-17(20-13-14(2)12-16-6-5-11-25-16)21-15-7-9-22(10-8-15)18(23)24-3;/h5-6,11,14-15H,4,7-10,12-13H2,1-3H3,(H2,19,20,21);1H. The topological polar surface area (TPSA) is 66.0 Å². The summed E-state index contributed by atoms with van der Waals surface area (Å²) >= 11 is 1.81. The van der Waals surface area contributed by atoms with E-state index in [1.807, 2.05) is 0 Å². The summed E-state index contributed by atoms with van der Waals surface area (Å²) in [6.07, 6.45) is 2.65. The third kappa shape index (κ3) is 7.69. The van der Waals surface area contributed by atoms with Crippen LogP contribution in [0.25, 0.3) is 0 Å². The smallest absolute Gasteiger partial charge is 0.409 e. The maximum atomic E-state index is 11.6. The van der Waals surface area contributed by atoms with Crippen molar-refractivity contribution >= 4 is 47.4 Å². The summed E-state index contributed by atoms with van der Waals surface area (Å²) in [5.74, 6) is 1.38. The molecule has 1 aliphatic rings. The van der Waals surface area contributed by atoms with E-state index < -0.39 is 0 Å². The molecule has 2 rings (SSSR count). The SMILES string of the molecule is CCNC(=NCC(C)Cc1cccs1)NC1CCN(C(=O)OC)CC1.I. The Bertz CT molecular complexity index is 545. The number of hydrogen-bond donors (Lipinski definition) is 2. The quantitative estimate of drug-likeness (QED) is 0.362. The number of guanidine groups is 1. The minimum absolute atomic E-state index is 0. The lowest BCUT2D eigenvalue weighted by Gasteiger charge is -2.32. The fraction of sp³-hybridized carbons (Fsp3) is 0.667. The number of likely N-dealkylation sites (tertiary alicyclic amines) is 1. The van der Waals surface area contributed by atoms with Crippen LogP contribution in [0.15, 0.2) is 22.5 Å². The summed E-state index contributed by atoms with van der Waals surface area (Å²) in [6.45, 7) is 7.39. The highest BCUT2D eigenvalue weighted by Gasteiger charge is 2.23. The summed E-state index contributed by atoms with van der Waals surface area (Å²) in [5, 5.41) is 8.96. The number of methoxy groups -OCH3 is 1. The number of aliphatic imine (C=N–C) groups is 1. The first-order valence-electron chi connectivity index (χ1n) is 9.02. The Hall–Kier alpha value is -1.03. The van der Waals surface area contributed by atoms with Crippen LogP contribution in [-0.2, 0) is 11.2 Å². The average Bonchev–Trinajstić information content (AvgIpc) is 3.13. The van der Waals surface area contributed by atoms with Crippen molar-refractivity contribution in [3.05, 3.63) is 22.4 Å². The van der Waals surface area contributed by atoms with E-state index in [4.69, 9.17) is 9.73 Å². The van der Waals surface area contributed by atoms with E-state index in [2.05, 4.69) is 42.0 Å². The van der Waals surface area contributed by atoms with Crippen molar-refractivity contribution in [2.24, 2.45) is 10.9 Å². The van der Waals surface area contributed by atoms with Gasteiger partial charge in [-0.3, -0.25) is 4.99 Å². The molecule has 6 nitrogen and oxygen atoms in total. The third-order valence-corrected chi connectivity index (χ3v) is 5.20. The molecule has 26 heavy (non-hydrogen) atoms. The minimum atomic E-state index is -0.235. The van der Waals surface area contributed by atoms with Gasteiger partial charge in [0.05, 0.1) is 7.11 Å². The van der Waals surface area contributed by atoms with Gasteiger partial charge in [-0.2, -0.15) is 0 Å². The molecule has 0 radical (unpaired) electrons. The van der Waals surface area contributed by atoms with Gasteiger partial charge in [0.15, 0.2) is 5.96 Å². The number of hydrogen-bond acceptors (Lipinski definition) is 4. The second kappa shape index (κ2) is 12.4. The van der Waals surface area contributed by atoms with Gasteiger partial charge in [-0.15, -0.1) is 35.3 Å². The Balaban J connectivity index is 0.00000338. The Labute approximate surface area is 177 Å². The van der Waals surface area contributed by atoms with Crippen LogP contribution in [0, 0.1) is 5.92 Å². The molecule has 0 saturated carbocycles. The highest BCUT2D eigenvalue weighted by atomic mass is 127. The minimum Gasteiger partial charge on any atom is -0.453 e. The van der Waals surface area contributed by atoms with Gasteiger partial charge in [0.25, 0.3) is 0 Å². The van der Waals surface area contributed by atoms with E-state index >= 15 is 0 Å². The molecule has 1 saturated heterocycles. The molecule has 1 aromatic rings. The van der Waals surface area contributed by atoms with Gasteiger partial charge >= 0.3 is 6.09 Å². The zero-order valence-corrected chi connectivity index (χ0v) is 19.0. The predicted molar refractivity (Wildman–Crippen MR) is 119 cm³/mol. The van der Waals surface area contributed by atoms with Gasteiger partial charge < -0.3 is 20.3 Å². The predicted octanol–water partition coefficient (Wildman–Crippen LogP) is 3.33. The number of thiophene rings is 1. The molecule has 0 spiro atoms. The molecule has 1 aliphatic heterocycles. The number of halogens is 1. The van der Waals surface area contributed by atoms with Crippen molar-refractivity contribution in [3.8, 4) is 0 Å². The number of carbonyl (C=O) groups is 1. The van der Waals surface area contributed by atoms with Crippen molar-refractivity contribution in [1.82, 2.24) is 15.5 Å². The monoisotopic (exact) mass is 494 g/mol. The van der Waals surface area contributed by atoms with Crippen molar-refractivity contribution in [3.63, 3.8) is 0 Å². The molecule has 1 amide bonds. The van der Waals surface area contributed by atoms with Gasteiger partial charge in [-0.1, -0.05) is 13.0 Å². The first kappa shape index (κ1) is 23.0. The second-order valence-corrected chi connectivity index (χ2v) is 7.52. The third-order valence-electron chi connectivity index (χ3n) is 4.30. The largest absolute Gasteiger partial charge is 0.453 e. The fourth-order valence-electron chi connectivity index (χ4n) is 2.93. The van der Waals surface area contributed by atoms with Gasteiger partial charge in [-0.05, 0) is 43.6 Å². The number of nitrogens with zero attached hydrogens (tertiary/aromatic N) is 2. The van der Waals surface area contributed by atoms with Gasteiger partial charge in [0.2, 0.25) is 0 Å². The summed E-state index contributed by atoms with van der Waals surface area (Å²) in [7, 11) is 1.43. The van der Waals surface area contributed by atoms with Crippen LogP contribution < -0.4 is 10.6 Å². The van der Waals surface area contributed by atoms with Crippen molar-refractivity contribution in [1.29, 1.82) is 0 Å². The lowest BCUT2D eigenvalue weighted by Crippen LogP contribution is -2.49. The maximum absolute atomic E-state index is 11.6. The molecule has 1 aromatic heterocycles. The van der Waals surface area contributed by atoms with E-state index in [1.54, 1.807) is 16.2 Å². The number of amides is 1.